The molecule has 2 nitrogen and oxygen atoms in total. The van der Waals surface area contributed by atoms with Gasteiger partial charge in [-0.2, -0.15) is 4.58 Å². The van der Waals surface area contributed by atoms with E-state index in [9.17, 15) is 0 Å². The molecule has 2 aliphatic heterocycles. The van der Waals surface area contributed by atoms with E-state index in [0.717, 1.165) is 38.8 Å². The Hall–Kier alpha value is -3.62. The van der Waals surface area contributed by atoms with Crippen LogP contribution >= 0.6 is 0 Å². The van der Waals surface area contributed by atoms with Gasteiger partial charge in [-0.15, -0.1) is 0 Å². The minimum atomic E-state index is -0.0366. The zero-order valence-electron chi connectivity index (χ0n) is 29.9. The molecule has 0 N–H and O–H groups in total. The van der Waals surface area contributed by atoms with Crippen LogP contribution < -0.4 is 17.3 Å². The van der Waals surface area contributed by atoms with Gasteiger partial charge in [0.25, 0.3) is 0 Å². The minimum absolute atomic E-state index is 0. The first-order chi connectivity index (χ1) is 22.1. The van der Waals surface area contributed by atoms with Crippen LogP contribution in [0.2, 0.25) is 0 Å². The van der Waals surface area contributed by atoms with Crippen LogP contribution in [0.15, 0.2) is 108 Å². The Morgan fingerprint density at radius 3 is 2.13 bits per heavy atom. The largest absolute Gasteiger partial charge is 1.00 e. The van der Waals surface area contributed by atoms with Crippen molar-refractivity contribution < 1.29 is 17.0 Å². The zero-order chi connectivity index (χ0) is 32.6. The predicted octanol–water partition coefficient (Wildman–Crippen LogP) is 8.31. The standard InChI is InChI=1S/C44H53N2.ClH/c1-9-29-45-37-23-13-11-21-35(37)43(5,6)39(45)27-25-33-19-16-20-34(42(33)41-31(3)17-15-18-32(41)4)26-28-40-44(7,8)36-22-12-14-24-38(36)46(40)30-10-2;/h11-15,17-18,21-28H,9-10,16,19-20,29-30H2,1-8H3;1H/q+1;/p-1. The zero-order valence-corrected chi connectivity index (χ0v) is 30.6. The molecule has 0 fully saturated rings. The van der Waals surface area contributed by atoms with Crippen LogP contribution in [0.4, 0.5) is 11.4 Å². The Kier molecular flexibility index (Phi) is 10.2. The molecule has 2 heterocycles. The summed E-state index contributed by atoms with van der Waals surface area (Å²) in [7, 11) is 0. The molecule has 0 bridgehead atoms. The van der Waals surface area contributed by atoms with Gasteiger partial charge in [-0.05, 0) is 104 Å². The maximum absolute atomic E-state index is 2.57. The van der Waals surface area contributed by atoms with Crippen LogP contribution in [0.3, 0.4) is 0 Å². The van der Waals surface area contributed by atoms with Crippen LogP contribution in [0.25, 0.3) is 5.57 Å². The molecule has 1 aliphatic carbocycles. The van der Waals surface area contributed by atoms with E-state index in [1.165, 1.54) is 73.7 Å². The third kappa shape index (κ3) is 6.11. The third-order valence-electron chi connectivity index (χ3n) is 10.6. The monoisotopic (exact) mass is 644 g/mol. The molecule has 3 aromatic carbocycles. The fourth-order valence-electron chi connectivity index (χ4n) is 8.36. The number of para-hydroxylation sites is 2. The van der Waals surface area contributed by atoms with Crippen LogP contribution in [0.5, 0.6) is 0 Å². The van der Waals surface area contributed by atoms with Crippen molar-refractivity contribution in [1.82, 2.24) is 0 Å². The molecule has 246 valence electrons. The summed E-state index contributed by atoms with van der Waals surface area (Å²) in [6, 6.07) is 24.8. The van der Waals surface area contributed by atoms with Crippen molar-refractivity contribution in [2.24, 2.45) is 0 Å². The normalized spacial score (nSPS) is 20.0. The maximum atomic E-state index is 2.57. The molecule has 0 radical (unpaired) electrons. The number of aryl methyl sites for hydroxylation is 2. The lowest BCUT2D eigenvalue weighted by Gasteiger charge is -2.28. The molecule has 0 saturated heterocycles. The first-order valence-corrected chi connectivity index (χ1v) is 17.6. The minimum Gasteiger partial charge on any atom is -1.00 e. The van der Waals surface area contributed by atoms with Gasteiger partial charge in [-0.25, -0.2) is 0 Å². The molecule has 0 atom stereocenters. The molecular weight excluding hydrogens is 592 g/mol. The molecule has 0 aromatic heterocycles. The summed E-state index contributed by atoms with van der Waals surface area (Å²) in [6.07, 6.45) is 15.5. The summed E-state index contributed by atoms with van der Waals surface area (Å²) >= 11 is 0. The fraction of sp³-hybridized carbons (Fsp3) is 0.386. The first kappa shape index (κ1) is 34.7. The van der Waals surface area contributed by atoms with E-state index in [2.05, 4.69) is 156 Å². The molecule has 0 amide bonds. The van der Waals surface area contributed by atoms with Gasteiger partial charge in [0.1, 0.15) is 6.54 Å². The maximum Gasteiger partial charge on any atom is 0.209 e. The first-order valence-electron chi connectivity index (χ1n) is 17.6. The van der Waals surface area contributed by atoms with E-state index < -0.39 is 0 Å². The van der Waals surface area contributed by atoms with Crippen LogP contribution in [-0.2, 0) is 10.8 Å². The van der Waals surface area contributed by atoms with Crippen LogP contribution in [0, 0.1) is 13.8 Å². The predicted molar refractivity (Wildman–Crippen MR) is 199 cm³/mol. The second kappa shape index (κ2) is 13.9. The molecule has 3 heteroatoms. The number of benzene rings is 3. The highest BCUT2D eigenvalue weighted by molar-refractivity contribution is 6.03. The van der Waals surface area contributed by atoms with Crippen molar-refractivity contribution in [1.29, 1.82) is 0 Å². The van der Waals surface area contributed by atoms with E-state index in [4.69, 9.17) is 0 Å². The van der Waals surface area contributed by atoms with E-state index in [-0.39, 0.29) is 23.2 Å². The molecule has 3 aromatic rings. The lowest BCUT2D eigenvalue weighted by atomic mass is 9.78. The summed E-state index contributed by atoms with van der Waals surface area (Å²) in [5, 5.41) is 0. The van der Waals surface area contributed by atoms with Gasteiger partial charge in [0.15, 0.2) is 5.71 Å². The lowest BCUT2D eigenvalue weighted by Crippen LogP contribution is -3.00. The Morgan fingerprint density at radius 2 is 1.43 bits per heavy atom. The second-order valence-corrected chi connectivity index (χ2v) is 14.6. The number of hydrogen-bond donors (Lipinski definition) is 0. The van der Waals surface area contributed by atoms with Crippen molar-refractivity contribution >= 4 is 22.7 Å². The van der Waals surface area contributed by atoms with Crippen molar-refractivity contribution in [2.45, 2.75) is 98.3 Å². The number of nitrogens with zero attached hydrogens (tertiary/aromatic N) is 2. The van der Waals surface area contributed by atoms with E-state index in [0.29, 0.717) is 0 Å². The molecule has 0 unspecified atom stereocenters. The quantitative estimate of drug-likeness (QED) is 0.224. The number of hydrogen-bond acceptors (Lipinski definition) is 1. The van der Waals surface area contributed by atoms with Crippen LogP contribution in [-0.4, -0.2) is 23.4 Å². The average molecular weight is 645 g/mol. The lowest BCUT2D eigenvalue weighted by molar-refractivity contribution is -0.437. The summed E-state index contributed by atoms with van der Waals surface area (Å²) in [6.45, 7) is 20.8. The molecule has 47 heavy (non-hydrogen) atoms. The summed E-state index contributed by atoms with van der Waals surface area (Å²) in [4.78, 5) is 2.57. The summed E-state index contributed by atoms with van der Waals surface area (Å²) in [5.41, 5.74) is 16.8. The van der Waals surface area contributed by atoms with E-state index >= 15 is 0 Å². The Labute approximate surface area is 290 Å². The van der Waals surface area contributed by atoms with Gasteiger partial charge in [-0.1, -0.05) is 94.4 Å². The van der Waals surface area contributed by atoms with Gasteiger partial charge in [-0.3, -0.25) is 0 Å². The van der Waals surface area contributed by atoms with Crippen molar-refractivity contribution in [2.75, 3.05) is 18.0 Å². The Bertz CT molecular complexity index is 1790. The molecule has 0 saturated carbocycles. The van der Waals surface area contributed by atoms with Crippen molar-refractivity contribution in [3.8, 4) is 0 Å². The van der Waals surface area contributed by atoms with E-state index in [1.54, 1.807) is 0 Å². The van der Waals surface area contributed by atoms with E-state index in [1.807, 2.05) is 0 Å². The number of halogens is 1. The fourth-order valence-corrected chi connectivity index (χ4v) is 8.36. The Balaban J connectivity index is 0.00000433. The van der Waals surface area contributed by atoms with Gasteiger partial charge in [0.2, 0.25) is 5.69 Å². The van der Waals surface area contributed by atoms with Gasteiger partial charge < -0.3 is 17.3 Å². The average Bonchev–Trinajstić information content (AvgIpc) is 3.38. The smallest absolute Gasteiger partial charge is 0.209 e. The molecule has 3 aliphatic rings. The highest BCUT2D eigenvalue weighted by Gasteiger charge is 2.44. The van der Waals surface area contributed by atoms with Gasteiger partial charge >= 0.3 is 0 Å². The molecule has 0 spiro atoms. The number of allylic oxidation sites excluding steroid dienone is 8. The van der Waals surface area contributed by atoms with Gasteiger partial charge in [0.05, 0.1) is 5.41 Å². The second-order valence-electron chi connectivity index (χ2n) is 14.6. The Morgan fingerprint density at radius 1 is 0.745 bits per heavy atom. The van der Waals surface area contributed by atoms with Crippen LogP contribution in [0.1, 0.15) is 101 Å². The highest BCUT2D eigenvalue weighted by Crippen LogP contribution is 2.48. The number of rotatable bonds is 8. The molecular formula is C44H53ClN2. The summed E-state index contributed by atoms with van der Waals surface area (Å²) in [5.74, 6) is 0. The number of anilines is 1. The third-order valence-corrected chi connectivity index (χ3v) is 10.6. The van der Waals surface area contributed by atoms with Gasteiger partial charge in [0, 0.05) is 47.5 Å². The SMILES string of the molecule is CCCN1C(=CC=C2CCCC(C=CC3=[N+](CCC)c4ccccc4C3(C)C)=C2c2c(C)cccc2C)C(C)(C)c2ccccc21.[Cl-]. The molecule has 6 rings (SSSR count). The summed E-state index contributed by atoms with van der Waals surface area (Å²) < 4.78 is 2.57. The highest BCUT2D eigenvalue weighted by atomic mass is 35.5. The topological polar surface area (TPSA) is 6.25 Å². The van der Waals surface area contributed by atoms with Crippen molar-refractivity contribution in [3.05, 3.63) is 136 Å². The van der Waals surface area contributed by atoms with Crippen molar-refractivity contribution in [3.63, 3.8) is 0 Å². The number of fused-ring (bicyclic) bond motifs is 2.